The highest BCUT2D eigenvalue weighted by Crippen LogP contribution is 2.15. The van der Waals surface area contributed by atoms with Crippen molar-refractivity contribution in [1.82, 2.24) is 20.2 Å². The van der Waals surface area contributed by atoms with Gasteiger partial charge in [-0.05, 0) is 6.92 Å². The minimum absolute atomic E-state index is 0.102. The summed E-state index contributed by atoms with van der Waals surface area (Å²) in [4.78, 5) is 8.09. The molecule has 0 aliphatic carbocycles. The number of nitrogens with one attached hydrogen (secondary N) is 2. The molecule has 15 heavy (non-hydrogen) atoms. The normalized spacial score (nSPS) is 12.4. The maximum absolute atomic E-state index is 5.68. The molecule has 2 rings (SSSR count). The zero-order valence-corrected chi connectivity index (χ0v) is 8.86. The van der Waals surface area contributed by atoms with Gasteiger partial charge in [-0.25, -0.2) is 9.97 Å². The van der Waals surface area contributed by atoms with Crippen LogP contribution in [0.3, 0.4) is 0 Å². The van der Waals surface area contributed by atoms with Crippen molar-refractivity contribution in [1.29, 1.82) is 0 Å². The monoisotopic (exact) mass is 223 g/mol. The van der Waals surface area contributed by atoms with Gasteiger partial charge in [-0.2, -0.15) is 5.10 Å². The van der Waals surface area contributed by atoms with Gasteiger partial charge >= 0.3 is 0 Å². The zero-order chi connectivity index (χ0) is 10.7. The highest BCUT2D eigenvalue weighted by Gasteiger charge is 2.07. The molecule has 0 radical (unpaired) electrons. The highest BCUT2D eigenvalue weighted by atomic mass is 35.5. The summed E-state index contributed by atoms with van der Waals surface area (Å²) in [7, 11) is 0. The van der Waals surface area contributed by atoms with Crippen LogP contribution in [-0.2, 0) is 0 Å². The molecule has 0 saturated heterocycles. The molecular weight excluding hydrogens is 214 g/mol. The summed E-state index contributed by atoms with van der Waals surface area (Å²) in [5.74, 6) is 0.549. The second kappa shape index (κ2) is 4.27. The van der Waals surface area contributed by atoms with E-state index < -0.39 is 0 Å². The summed E-state index contributed by atoms with van der Waals surface area (Å²) in [6.07, 6.45) is 6.69. The summed E-state index contributed by atoms with van der Waals surface area (Å²) in [5, 5.41) is 10.3. The number of hydrogen-bond acceptors (Lipinski definition) is 4. The van der Waals surface area contributed by atoms with Crippen LogP contribution in [0.5, 0.6) is 0 Å². The summed E-state index contributed by atoms with van der Waals surface area (Å²) < 4.78 is 0. The fraction of sp³-hybridized carbons (Fsp3) is 0.222. The van der Waals surface area contributed by atoms with Gasteiger partial charge in [0.15, 0.2) is 0 Å². The largest absolute Gasteiger partial charge is 0.348 e. The van der Waals surface area contributed by atoms with Crippen molar-refractivity contribution in [2.75, 3.05) is 5.32 Å². The number of nitrogens with zero attached hydrogens (tertiary/aromatic N) is 3. The third-order valence-corrected chi connectivity index (χ3v) is 2.18. The highest BCUT2D eigenvalue weighted by molar-refractivity contribution is 6.30. The average Bonchev–Trinajstić information content (AvgIpc) is 2.74. The van der Waals surface area contributed by atoms with E-state index in [2.05, 4.69) is 25.5 Å². The lowest BCUT2D eigenvalue weighted by Gasteiger charge is -2.10. The molecule has 5 nitrogen and oxygen atoms in total. The summed E-state index contributed by atoms with van der Waals surface area (Å²) >= 11 is 5.68. The molecule has 0 aromatic carbocycles. The molecular formula is C9H10ClN5. The Labute approximate surface area is 91.9 Å². The molecule has 2 N–H and O–H groups in total. The Balaban J connectivity index is 2.06. The van der Waals surface area contributed by atoms with Crippen LogP contribution >= 0.6 is 11.6 Å². The topological polar surface area (TPSA) is 66.5 Å². The van der Waals surface area contributed by atoms with Gasteiger partial charge in [-0.3, -0.25) is 5.10 Å². The van der Waals surface area contributed by atoms with Gasteiger partial charge in [0, 0.05) is 11.8 Å². The summed E-state index contributed by atoms with van der Waals surface area (Å²) in [5.41, 5.74) is 1.05. The van der Waals surface area contributed by atoms with Crippen molar-refractivity contribution >= 4 is 17.5 Å². The first-order valence-electron chi connectivity index (χ1n) is 4.48. The van der Waals surface area contributed by atoms with Crippen LogP contribution < -0.4 is 5.32 Å². The minimum Gasteiger partial charge on any atom is -0.348 e. The Morgan fingerprint density at radius 1 is 1.33 bits per heavy atom. The Hall–Kier alpha value is -1.62. The molecule has 0 bridgehead atoms. The predicted molar refractivity (Wildman–Crippen MR) is 57.7 cm³/mol. The van der Waals surface area contributed by atoms with Gasteiger partial charge < -0.3 is 5.32 Å². The van der Waals surface area contributed by atoms with Crippen LogP contribution in [0.15, 0.2) is 24.8 Å². The quantitative estimate of drug-likeness (QED) is 0.836. The maximum atomic E-state index is 5.68. The molecule has 1 unspecified atom stereocenters. The molecule has 2 aromatic heterocycles. The van der Waals surface area contributed by atoms with Crippen LogP contribution in [0.25, 0.3) is 0 Å². The van der Waals surface area contributed by atoms with Gasteiger partial charge in [0.1, 0.15) is 0 Å². The lowest BCUT2D eigenvalue weighted by Crippen LogP contribution is -2.08. The van der Waals surface area contributed by atoms with E-state index in [1.807, 2.05) is 13.1 Å². The molecule has 0 amide bonds. The van der Waals surface area contributed by atoms with Crippen LogP contribution in [0.1, 0.15) is 18.5 Å². The minimum atomic E-state index is 0.102. The van der Waals surface area contributed by atoms with Crippen molar-refractivity contribution in [3.63, 3.8) is 0 Å². The van der Waals surface area contributed by atoms with Gasteiger partial charge in [-0.1, -0.05) is 11.6 Å². The van der Waals surface area contributed by atoms with Crippen molar-refractivity contribution in [2.45, 2.75) is 13.0 Å². The van der Waals surface area contributed by atoms with Crippen LogP contribution in [0, 0.1) is 0 Å². The molecule has 6 heteroatoms. The molecule has 0 aliphatic rings. The first-order valence-corrected chi connectivity index (χ1v) is 4.86. The van der Waals surface area contributed by atoms with Crippen molar-refractivity contribution in [3.8, 4) is 0 Å². The standard InChI is InChI=1S/C9H10ClN5/c1-6(7-2-13-14-3-7)15-9-11-4-8(10)5-12-9/h2-6H,1H3,(H,13,14)(H,11,12,15). The second-order valence-electron chi connectivity index (χ2n) is 3.12. The Kier molecular flexibility index (Phi) is 2.82. The number of rotatable bonds is 3. The van der Waals surface area contributed by atoms with Gasteiger partial charge in [0.05, 0.1) is 29.7 Å². The van der Waals surface area contributed by atoms with Gasteiger partial charge in [0.25, 0.3) is 0 Å². The van der Waals surface area contributed by atoms with Crippen molar-refractivity contribution < 1.29 is 0 Å². The first-order chi connectivity index (χ1) is 7.25. The molecule has 0 saturated carbocycles. The van der Waals surface area contributed by atoms with E-state index in [0.717, 1.165) is 5.56 Å². The molecule has 1 atom stereocenters. The lowest BCUT2D eigenvalue weighted by molar-refractivity contribution is 0.861. The van der Waals surface area contributed by atoms with Crippen molar-refractivity contribution in [2.24, 2.45) is 0 Å². The first kappa shape index (κ1) is 9.92. The van der Waals surface area contributed by atoms with Crippen LogP contribution in [0.2, 0.25) is 5.02 Å². The van der Waals surface area contributed by atoms with E-state index in [1.165, 1.54) is 0 Å². The molecule has 0 spiro atoms. The Morgan fingerprint density at radius 3 is 2.67 bits per heavy atom. The van der Waals surface area contributed by atoms with Crippen LogP contribution in [0.4, 0.5) is 5.95 Å². The number of aromatic nitrogens is 4. The lowest BCUT2D eigenvalue weighted by atomic mass is 10.2. The Morgan fingerprint density at radius 2 is 2.07 bits per heavy atom. The van der Waals surface area contributed by atoms with E-state index in [4.69, 9.17) is 11.6 Å². The molecule has 0 aliphatic heterocycles. The molecule has 0 fully saturated rings. The smallest absolute Gasteiger partial charge is 0.223 e. The molecule has 2 heterocycles. The fourth-order valence-electron chi connectivity index (χ4n) is 1.16. The van der Waals surface area contributed by atoms with E-state index in [9.17, 15) is 0 Å². The van der Waals surface area contributed by atoms with E-state index >= 15 is 0 Å². The Bertz CT molecular complexity index is 411. The van der Waals surface area contributed by atoms with Gasteiger partial charge in [-0.15, -0.1) is 0 Å². The SMILES string of the molecule is CC(Nc1ncc(Cl)cn1)c1cn[nH]c1. The van der Waals surface area contributed by atoms with E-state index in [-0.39, 0.29) is 6.04 Å². The van der Waals surface area contributed by atoms with E-state index in [1.54, 1.807) is 18.6 Å². The number of halogens is 1. The summed E-state index contributed by atoms with van der Waals surface area (Å²) in [6, 6.07) is 0.102. The third-order valence-electron chi connectivity index (χ3n) is 1.99. The number of anilines is 1. The van der Waals surface area contributed by atoms with Crippen LogP contribution in [-0.4, -0.2) is 20.2 Å². The maximum Gasteiger partial charge on any atom is 0.223 e. The number of hydrogen-bond donors (Lipinski definition) is 2. The zero-order valence-electron chi connectivity index (χ0n) is 8.11. The summed E-state index contributed by atoms with van der Waals surface area (Å²) in [6.45, 7) is 2.00. The molecule has 78 valence electrons. The number of aromatic amines is 1. The fourth-order valence-corrected chi connectivity index (χ4v) is 1.26. The molecule has 2 aromatic rings. The third kappa shape index (κ3) is 2.44. The second-order valence-corrected chi connectivity index (χ2v) is 3.56. The predicted octanol–water partition coefficient (Wildman–Crippen LogP) is 2.03. The van der Waals surface area contributed by atoms with Gasteiger partial charge in [0.2, 0.25) is 5.95 Å². The number of H-pyrrole nitrogens is 1. The van der Waals surface area contributed by atoms with E-state index in [0.29, 0.717) is 11.0 Å². The average molecular weight is 224 g/mol. The van der Waals surface area contributed by atoms with Crippen molar-refractivity contribution in [3.05, 3.63) is 35.4 Å².